The number of alkyl halides is 3. The van der Waals surface area contributed by atoms with Gasteiger partial charge >= 0.3 is 6.18 Å². The van der Waals surface area contributed by atoms with Gasteiger partial charge in [0.1, 0.15) is 0 Å². The molecule has 1 aromatic carbocycles. The number of pyridine rings is 1. The molecular formula is C20H16F3N5OS2. The lowest BCUT2D eigenvalue weighted by atomic mass is 10.1. The number of thiazole rings is 1. The Bertz CT molecular complexity index is 1270. The van der Waals surface area contributed by atoms with Crippen LogP contribution in [0.25, 0.3) is 16.9 Å². The number of nitrogens with one attached hydrogen (secondary N) is 1. The van der Waals surface area contributed by atoms with E-state index in [2.05, 4.69) is 20.5 Å². The van der Waals surface area contributed by atoms with Crippen LogP contribution >= 0.6 is 23.1 Å². The van der Waals surface area contributed by atoms with Crippen molar-refractivity contribution in [2.24, 2.45) is 0 Å². The van der Waals surface area contributed by atoms with Gasteiger partial charge in [0, 0.05) is 17.1 Å². The van der Waals surface area contributed by atoms with E-state index in [-0.39, 0.29) is 22.5 Å². The summed E-state index contributed by atoms with van der Waals surface area (Å²) in [6.45, 7) is 4.06. The van der Waals surface area contributed by atoms with Gasteiger partial charge in [-0.1, -0.05) is 23.9 Å². The third-order valence-electron chi connectivity index (χ3n) is 4.58. The topological polar surface area (TPSA) is 72.2 Å². The van der Waals surface area contributed by atoms with Crippen LogP contribution in [0.4, 0.5) is 18.3 Å². The van der Waals surface area contributed by atoms with Crippen molar-refractivity contribution in [3.8, 4) is 11.3 Å². The van der Waals surface area contributed by atoms with Gasteiger partial charge in [-0.2, -0.15) is 13.2 Å². The average Bonchev–Trinajstić information content (AvgIpc) is 3.34. The summed E-state index contributed by atoms with van der Waals surface area (Å²) in [4.78, 5) is 16.8. The quantitative estimate of drug-likeness (QED) is 0.411. The van der Waals surface area contributed by atoms with E-state index in [0.29, 0.717) is 5.13 Å². The van der Waals surface area contributed by atoms with Crippen molar-refractivity contribution >= 4 is 39.8 Å². The number of anilines is 1. The van der Waals surface area contributed by atoms with Crippen LogP contribution in [0.15, 0.2) is 47.1 Å². The zero-order valence-electron chi connectivity index (χ0n) is 16.4. The Kier molecular flexibility index (Phi) is 5.71. The van der Waals surface area contributed by atoms with E-state index in [9.17, 15) is 18.0 Å². The first-order valence-electron chi connectivity index (χ1n) is 9.08. The van der Waals surface area contributed by atoms with E-state index < -0.39 is 11.7 Å². The number of thioether (sulfide) groups is 1. The van der Waals surface area contributed by atoms with Crippen molar-refractivity contribution in [3.63, 3.8) is 0 Å². The Morgan fingerprint density at radius 2 is 1.97 bits per heavy atom. The minimum Gasteiger partial charge on any atom is -0.301 e. The number of carbonyl (C=O) groups is 1. The van der Waals surface area contributed by atoms with Gasteiger partial charge in [-0.15, -0.1) is 21.5 Å². The number of fused-ring (bicyclic) bond motifs is 1. The first-order chi connectivity index (χ1) is 14.7. The van der Waals surface area contributed by atoms with E-state index in [1.54, 1.807) is 0 Å². The fourth-order valence-corrected chi connectivity index (χ4v) is 4.24. The third kappa shape index (κ3) is 4.72. The SMILES string of the molecule is Cc1ccc(-c2csc(NC(=O)CSc3nnc4ccc(C(F)(F)F)cn34)n2)cc1C. The van der Waals surface area contributed by atoms with Crippen LogP contribution < -0.4 is 5.32 Å². The number of nitrogens with zero attached hydrogens (tertiary/aromatic N) is 4. The van der Waals surface area contributed by atoms with E-state index in [1.807, 2.05) is 37.4 Å². The lowest BCUT2D eigenvalue weighted by Gasteiger charge is -2.07. The fourth-order valence-electron chi connectivity index (χ4n) is 2.79. The molecule has 0 atom stereocenters. The third-order valence-corrected chi connectivity index (χ3v) is 6.28. The standard InChI is InChI=1S/C20H16F3N5OS2/c1-11-3-4-13(7-12(11)2)15-9-30-18(24-15)25-17(29)10-31-19-27-26-16-6-5-14(8-28(16)19)20(21,22)23/h3-9H,10H2,1-2H3,(H,24,25,29). The number of aromatic nitrogens is 4. The molecule has 0 unspecified atom stereocenters. The molecule has 6 nitrogen and oxygen atoms in total. The highest BCUT2D eigenvalue weighted by Crippen LogP contribution is 2.30. The molecule has 1 N–H and O–H groups in total. The van der Waals surface area contributed by atoms with Crippen LogP contribution in [0.3, 0.4) is 0 Å². The molecule has 0 saturated carbocycles. The van der Waals surface area contributed by atoms with Crippen molar-refractivity contribution in [2.45, 2.75) is 25.2 Å². The Labute approximate surface area is 183 Å². The summed E-state index contributed by atoms with van der Waals surface area (Å²) in [5.41, 5.74) is 3.53. The number of hydrogen-bond donors (Lipinski definition) is 1. The summed E-state index contributed by atoms with van der Waals surface area (Å²) in [6, 6.07) is 8.22. The Morgan fingerprint density at radius 3 is 2.71 bits per heavy atom. The van der Waals surface area contributed by atoms with Crippen molar-refractivity contribution in [2.75, 3.05) is 11.1 Å². The molecule has 0 bridgehead atoms. The van der Waals surface area contributed by atoms with Gasteiger partial charge in [-0.3, -0.25) is 9.20 Å². The molecule has 0 aliphatic heterocycles. The van der Waals surface area contributed by atoms with Gasteiger partial charge in [0.2, 0.25) is 5.91 Å². The van der Waals surface area contributed by atoms with E-state index in [1.165, 1.54) is 27.4 Å². The van der Waals surface area contributed by atoms with Gasteiger partial charge in [0.05, 0.1) is 17.0 Å². The lowest BCUT2D eigenvalue weighted by molar-refractivity contribution is -0.137. The Hall–Kier alpha value is -2.92. The zero-order valence-corrected chi connectivity index (χ0v) is 18.0. The van der Waals surface area contributed by atoms with Crippen LogP contribution in [0.2, 0.25) is 0 Å². The predicted molar refractivity (Wildman–Crippen MR) is 114 cm³/mol. The number of aryl methyl sites for hydroxylation is 2. The largest absolute Gasteiger partial charge is 0.417 e. The number of hydrogen-bond acceptors (Lipinski definition) is 6. The van der Waals surface area contributed by atoms with Crippen LogP contribution in [0.1, 0.15) is 16.7 Å². The highest BCUT2D eigenvalue weighted by molar-refractivity contribution is 7.99. The van der Waals surface area contributed by atoms with Gasteiger partial charge in [0.15, 0.2) is 15.9 Å². The molecule has 3 heterocycles. The lowest BCUT2D eigenvalue weighted by Crippen LogP contribution is -2.14. The van der Waals surface area contributed by atoms with E-state index in [4.69, 9.17) is 0 Å². The minimum absolute atomic E-state index is 0.0460. The van der Waals surface area contributed by atoms with Crippen LogP contribution in [0.5, 0.6) is 0 Å². The molecule has 31 heavy (non-hydrogen) atoms. The molecule has 0 spiro atoms. The first kappa shape index (κ1) is 21.3. The molecule has 4 rings (SSSR count). The molecule has 3 aromatic heterocycles. The van der Waals surface area contributed by atoms with E-state index in [0.717, 1.165) is 40.8 Å². The van der Waals surface area contributed by atoms with Crippen LogP contribution in [0, 0.1) is 13.8 Å². The normalized spacial score (nSPS) is 11.8. The maximum atomic E-state index is 12.9. The second kappa shape index (κ2) is 8.31. The maximum Gasteiger partial charge on any atom is 0.417 e. The number of rotatable bonds is 5. The summed E-state index contributed by atoms with van der Waals surface area (Å²) in [6.07, 6.45) is -3.55. The summed E-state index contributed by atoms with van der Waals surface area (Å²) >= 11 is 2.30. The Morgan fingerprint density at radius 1 is 1.16 bits per heavy atom. The van der Waals surface area contributed by atoms with Crippen LogP contribution in [-0.2, 0) is 11.0 Å². The van der Waals surface area contributed by atoms with Crippen LogP contribution in [-0.4, -0.2) is 31.2 Å². The van der Waals surface area contributed by atoms with Crippen molar-refractivity contribution in [3.05, 3.63) is 58.6 Å². The molecule has 1 amide bonds. The van der Waals surface area contributed by atoms with Gasteiger partial charge in [-0.05, 0) is 43.2 Å². The number of benzene rings is 1. The van der Waals surface area contributed by atoms with Gasteiger partial charge < -0.3 is 5.32 Å². The highest BCUT2D eigenvalue weighted by Gasteiger charge is 2.31. The molecule has 160 valence electrons. The second-order valence-corrected chi connectivity index (χ2v) is 8.60. The highest BCUT2D eigenvalue weighted by atomic mass is 32.2. The van der Waals surface area contributed by atoms with Gasteiger partial charge in [-0.25, -0.2) is 4.98 Å². The second-order valence-electron chi connectivity index (χ2n) is 6.80. The minimum atomic E-state index is -4.48. The summed E-state index contributed by atoms with van der Waals surface area (Å²) in [7, 11) is 0. The molecule has 0 aliphatic carbocycles. The molecular weight excluding hydrogens is 447 g/mol. The first-order valence-corrected chi connectivity index (χ1v) is 10.9. The smallest absolute Gasteiger partial charge is 0.301 e. The number of carbonyl (C=O) groups excluding carboxylic acids is 1. The maximum absolute atomic E-state index is 12.9. The molecule has 0 saturated heterocycles. The predicted octanol–water partition coefficient (Wildman–Crippen LogP) is 5.22. The molecule has 0 aliphatic rings. The number of halogens is 3. The summed E-state index contributed by atoms with van der Waals surface area (Å²) in [5, 5.41) is 12.9. The van der Waals surface area contributed by atoms with Gasteiger partial charge in [0.25, 0.3) is 0 Å². The van der Waals surface area contributed by atoms with E-state index >= 15 is 0 Å². The monoisotopic (exact) mass is 463 g/mol. The average molecular weight is 464 g/mol. The molecule has 0 fully saturated rings. The van der Waals surface area contributed by atoms with Crippen molar-refractivity contribution in [1.82, 2.24) is 19.6 Å². The number of amides is 1. The zero-order chi connectivity index (χ0) is 22.2. The molecule has 11 heteroatoms. The van der Waals surface area contributed by atoms with Crippen molar-refractivity contribution in [1.29, 1.82) is 0 Å². The summed E-state index contributed by atoms with van der Waals surface area (Å²) < 4.78 is 40.1. The molecule has 0 radical (unpaired) electrons. The molecule has 4 aromatic rings. The Balaban J connectivity index is 1.42. The summed E-state index contributed by atoms with van der Waals surface area (Å²) in [5.74, 6) is -0.384. The fraction of sp³-hybridized carbons (Fsp3) is 0.200. The van der Waals surface area contributed by atoms with Crippen molar-refractivity contribution < 1.29 is 18.0 Å².